The molecule has 30 heavy (non-hydrogen) atoms. The zero-order valence-electron chi connectivity index (χ0n) is 16.0. The molecule has 2 aliphatic rings. The molecule has 2 aliphatic heterocycles. The molecule has 1 amide bonds. The average Bonchev–Trinajstić information content (AvgIpc) is 3.11. The normalized spacial score (nSPS) is 20.2. The van der Waals surface area contributed by atoms with Crippen LogP contribution in [-0.4, -0.2) is 28.6 Å². The molecule has 1 fully saturated rings. The van der Waals surface area contributed by atoms with Crippen LogP contribution in [0.4, 0.5) is 13.6 Å². The van der Waals surface area contributed by atoms with Gasteiger partial charge < -0.3 is 4.74 Å². The van der Waals surface area contributed by atoms with Gasteiger partial charge in [0.15, 0.2) is 0 Å². The first-order valence-corrected chi connectivity index (χ1v) is 9.70. The van der Waals surface area contributed by atoms with Gasteiger partial charge in [0.2, 0.25) is 0 Å². The van der Waals surface area contributed by atoms with Crippen molar-refractivity contribution in [2.24, 2.45) is 0 Å². The number of benzene rings is 2. The molecule has 0 spiro atoms. The van der Waals surface area contributed by atoms with Crippen LogP contribution in [0.2, 0.25) is 0 Å². The largest absolute Gasteiger partial charge is 0.447 e. The van der Waals surface area contributed by atoms with Crippen LogP contribution in [0.25, 0.3) is 17.2 Å². The molecule has 1 unspecified atom stereocenters. The van der Waals surface area contributed by atoms with Crippen molar-refractivity contribution in [1.82, 2.24) is 9.88 Å². The van der Waals surface area contributed by atoms with Crippen molar-refractivity contribution in [2.45, 2.75) is 18.5 Å². The van der Waals surface area contributed by atoms with Gasteiger partial charge in [-0.15, -0.1) is 0 Å². The molecule has 6 heteroatoms. The van der Waals surface area contributed by atoms with Crippen LogP contribution >= 0.6 is 0 Å². The molecule has 3 aromatic rings. The fraction of sp³-hybridized carbons (Fsp3) is 0.167. The summed E-state index contributed by atoms with van der Waals surface area (Å²) in [6.07, 6.45) is 5.26. The van der Waals surface area contributed by atoms with Gasteiger partial charge in [0.25, 0.3) is 0 Å². The van der Waals surface area contributed by atoms with Gasteiger partial charge in [0.1, 0.15) is 18.2 Å². The topological polar surface area (TPSA) is 42.4 Å². The molecule has 1 aromatic heterocycles. The summed E-state index contributed by atoms with van der Waals surface area (Å²) in [5, 5.41) is 0. The van der Waals surface area contributed by atoms with Gasteiger partial charge in [0.05, 0.1) is 11.7 Å². The van der Waals surface area contributed by atoms with Crippen LogP contribution in [0, 0.1) is 11.6 Å². The standard InChI is InChI=1S/C24H18F2N2O2/c25-18-9-17(10-19(26)11-18)15-5-6-20(27-12-15)7-8-22-21-4-2-1-3-16(21)13-28-23(22)14-30-24(28)29/h1-12,22-23H,13-14H2/b8-7+/t22?,23-/m1/s1. The Kier molecular flexibility index (Phi) is 4.54. The van der Waals surface area contributed by atoms with Gasteiger partial charge >= 0.3 is 6.09 Å². The first-order valence-electron chi connectivity index (χ1n) is 9.70. The minimum absolute atomic E-state index is 0.000177. The third-order valence-corrected chi connectivity index (χ3v) is 5.64. The third kappa shape index (κ3) is 3.34. The predicted octanol–water partition coefficient (Wildman–Crippen LogP) is 5.16. The summed E-state index contributed by atoms with van der Waals surface area (Å²) in [4.78, 5) is 18.3. The Hall–Kier alpha value is -3.54. The van der Waals surface area contributed by atoms with E-state index in [1.807, 2.05) is 30.4 Å². The van der Waals surface area contributed by atoms with Crippen LogP contribution in [0.1, 0.15) is 22.7 Å². The maximum absolute atomic E-state index is 13.5. The van der Waals surface area contributed by atoms with E-state index < -0.39 is 11.6 Å². The molecule has 150 valence electrons. The Morgan fingerprint density at radius 3 is 2.60 bits per heavy atom. The third-order valence-electron chi connectivity index (χ3n) is 5.64. The number of carbonyl (C=O) groups is 1. The van der Waals surface area contributed by atoms with Crippen LogP contribution in [0.5, 0.6) is 0 Å². The summed E-state index contributed by atoms with van der Waals surface area (Å²) >= 11 is 0. The second kappa shape index (κ2) is 7.37. The Balaban J connectivity index is 1.42. The van der Waals surface area contributed by atoms with Crippen molar-refractivity contribution in [1.29, 1.82) is 0 Å². The van der Waals surface area contributed by atoms with E-state index in [0.717, 1.165) is 17.3 Å². The minimum Gasteiger partial charge on any atom is -0.447 e. The maximum Gasteiger partial charge on any atom is 0.410 e. The number of carbonyl (C=O) groups excluding carboxylic acids is 1. The number of rotatable bonds is 3. The monoisotopic (exact) mass is 404 g/mol. The quantitative estimate of drug-likeness (QED) is 0.606. The molecule has 4 nitrogen and oxygen atoms in total. The number of nitrogens with zero attached hydrogens (tertiary/aromatic N) is 2. The van der Waals surface area contributed by atoms with Crippen LogP contribution < -0.4 is 0 Å². The molecular weight excluding hydrogens is 386 g/mol. The van der Waals surface area contributed by atoms with Crippen LogP contribution in [0.3, 0.4) is 0 Å². The average molecular weight is 404 g/mol. The van der Waals surface area contributed by atoms with Crippen molar-refractivity contribution >= 4 is 12.2 Å². The summed E-state index contributed by atoms with van der Waals surface area (Å²) in [5.74, 6) is -1.24. The Morgan fingerprint density at radius 1 is 1.03 bits per heavy atom. The Morgan fingerprint density at radius 2 is 1.83 bits per heavy atom. The van der Waals surface area contributed by atoms with E-state index in [-0.39, 0.29) is 18.1 Å². The first kappa shape index (κ1) is 18.5. The van der Waals surface area contributed by atoms with E-state index in [2.05, 4.69) is 11.1 Å². The number of hydrogen-bond donors (Lipinski definition) is 0. The van der Waals surface area contributed by atoms with Gasteiger partial charge in [-0.3, -0.25) is 9.88 Å². The highest BCUT2D eigenvalue weighted by Crippen LogP contribution is 2.37. The number of amides is 1. The Bertz CT molecular complexity index is 1120. The molecule has 0 N–H and O–H groups in total. The van der Waals surface area contributed by atoms with E-state index >= 15 is 0 Å². The van der Waals surface area contributed by atoms with Gasteiger partial charge in [0, 0.05) is 30.3 Å². The second-order valence-corrected chi connectivity index (χ2v) is 7.49. The lowest BCUT2D eigenvalue weighted by molar-refractivity contribution is 0.154. The molecule has 2 aromatic carbocycles. The number of aromatic nitrogens is 1. The molecule has 0 saturated carbocycles. The smallest absolute Gasteiger partial charge is 0.410 e. The number of hydrogen-bond acceptors (Lipinski definition) is 3. The lowest BCUT2D eigenvalue weighted by atomic mass is 9.84. The maximum atomic E-state index is 13.5. The summed E-state index contributed by atoms with van der Waals surface area (Å²) < 4.78 is 32.2. The molecule has 3 heterocycles. The lowest BCUT2D eigenvalue weighted by Crippen LogP contribution is -2.41. The van der Waals surface area contributed by atoms with Crippen molar-refractivity contribution in [3.8, 4) is 11.1 Å². The van der Waals surface area contributed by atoms with E-state index in [0.29, 0.717) is 24.3 Å². The number of ether oxygens (including phenoxy) is 1. The number of halogens is 2. The molecule has 0 aliphatic carbocycles. The van der Waals surface area contributed by atoms with Gasteiger partial charge in [-0.2, -0.15) is 0 Å². The van der Waals surface area contributed by atoms with Crippen molar-refractivity contribution in [2.75, 3.05) is 6.61 Å². The van der Waals surface area contributed by atoms with Crippen LogP contribution in [-0.2, 0) is 11.3 Å². The zero-order valence-corrected chi connectivity index (χ0v) is 16.0. The Labute approximate surface area is 172 Å². The van der Waals surface area contributed by atoms with Crippen molar-refractivity contribution < 1.29 is 18.3 Å². The van der Waals surface area contributed by atoms with E-state index in [9.17, 15) is 13.6 Å². The number of fused-ring (bicyclic) bond motifs is 2. The first-order chi connectivity index (χ1) is 14.6. The molecule has 2 atom stereocenters. The van der Waals surface area contributed by atoms with Crippen LogP contribution in [0.15, 0.2) is 66.9 Å². The van der Waals surface area contributed by atoms with Crippen molar-refractivity contribution in [3.05, 3.63) is 95.3 Å². The zero-order chi connectivity index (χ0) is 20.7. The number of pyridine rings is 1. The van der Waals surface area contributed by atoms with E-state index in [1.165, 1.54) is 17.7 Å². The molecule has 1 saturated heterocycles. The highest BCUT2D eigenvalue weighted by atomic mass is 19.1. The summed E-state index contributed by atoms with van der Waals surface area (Å²) in [6.45, 7) is 0.917. The van der Waals surface area contributed by atoms with Gasteiger partial charge in [-0.25, -0.2) is 13.6 Å². The fourth-order valence-corrected chi connectivity index (χ4v) is 4.17. The summed E-state index contributed by atoms with van der Waals surface area (Å²) in [6, 6.07) is 15.0. The van der Waals surface area contributed by atoms with Gasteiger partial charge in [-0.05, 0) is 41.0 Å². The fourth-order valence-electron chi connectivity index (χ4n) is 4.17. The lowest BCUT2D eigenvalue weighted by Gasteiger charge is -2.34. The molecule has 0 bridgehead atoms. The summed E-state index contributed by atoms with van der Waals surface area (Å²) in [5.41, 5.74) is 4.08. The SMILES string of the molecule is O=C1OC[C@@H]2C(/C=C/c3ccc(-c4cc(F)cc(F)c4)cn3)c3ccccc3CN12. The van der Waals surface area contributed by atoms with Gasteiger partial charge in [-0.1, -0.05) is 36.4 Å². The van der Waals surface area contributed by atoms with E-state index in [1.54, 1.807) is 23.2 Å². The van der Waals surface area contributed by atoms with E-state index in [4.69, 9.17) is 4.74 Å². The highest BCUT2D eigenvalue weighted by molar-refractivity contribution is 5.72. The van der Waals surface area contributed by atoms with Crippen molar-refractivity contribution in [3.63, 3.8) is 0 Å². The number of cyclic esters (lactones) is 1. The molecular formula is C24H18F2N2O2. The molecule has 5 rings (SSSR count). The molecule has 0 radical (unpaired) electrons. The predicted molar refractivity (Wildman–Crippen MR) is 108 cm³/mol. The second-order valence-electron chi connectivity index (χ2n) is 7.49. The highest BCUT2D eigenvalue weighted by Gasteiger charge is 2.42. The minimum atomic E-state index is -0.622. The summed E-state index contributed by atoms with van der Waals surface area (Å²) in [7, 11) is 0.